The van der Waals surface area contributed by atoms with Crippen LogP contribution in [-0.2, 0) is 9.53 Å². The first-order valence-electron chi connectivity index (χ1n) is 4.75. The summed E-state index contributed by atoms with van der Waals surface area (Å²) in [6.07, 6.45) is -0.300. The van der Waals surface area contributed by atoms with Gasteiger partial charge in [-0.05, 0) is 12.8 Å². The third-order valence-electron chi connectivity index (χ3n) is 1.78. The molecule has 100 valence electrons. The number of nitro groups is 1. The fourth-order valence-electron chi connectivity index (χ4n) is 0.990. The molecule has 0 fully saturated rings. The summed E-state index contributed by atoms with van der Waals surface area (Å²) >= 11 is 16.5. The second-order valence-electron chi connectivity index (χ2n) is 3.27. The van der Waals surface area contributed by atoms with E-state index >= 15 is 0 Å². The minimum atomic E-state index is -1.88. The van der Waals surface area contributed by atoms with Crippen LogP contribution in [0.5, 0.6) is 0 Å². The van der Waals surface area contributed by atoms with Crippen molar-refractivity contribution in [1.29, 1.82) is 0 Å². The van der Waals surface area contributed by atoms with E-state index < -0.39 is 27.3 Å². The molecule has 6 nitrogen and oxygen atoms in total. The molecule has 9 heteroatoms. The summed E-state index contributed by atoms with van der Waals surface area (Å²) in [5.74, 6) is -0.909. The number of rotatable bonds is 8. The number of alkyl halides is 3. The number of aliphatic carboxylic acids is 1. The summed E-state index contributed by atoms with van der Waals surface area (Å²) < 4.78 is 3.19. The van der Waals surface area contributed by atoms with Gasteiger partial charge in [0.2, 0.25) is 10.3 Å². The van der Waals surface area contributed by atoms with E-state index in [1.807, 2.05) is 0 Å². The SMILES string of the molecule is O=C(O)CCCCOC(C[N+](=O)[O-])C(Cl)(Cl)Cl. The molecule has 0 aromatic carbocycles. The first kappa shape index (κ1) is 16.7. The normalized spacial score (nSPS) is 13.4. The van der Waals surface area contributed by atoms with E-state index in [1.54, 1.807) is 0 Å². The number of carbonyl (C=O) groups is 1. The Labute approximate surface area is 113 Å². The van der Waals surface area contributed by atoms with Gasteiger partial charge in [0.15, 0.2) is 6.10 Å². The predicted molar refractivity (Wildman–Crippen MR) is 63.4 cm³/mol. The molecule has 0 aromatic heterocycles. The zero-order chi connectivity index (χ0) is 13.5. The molecule has 0 spiro atoms. The van der Waals surface area contributed by atoms with Crippen molar-refractivity contribution < 1.29 is 19.6 Å². The Bertz CT molecular complexity index is 268. The third kappa shape index (κ3) is 9.41. The Balaban J connectivity index is 3.93. The van der Waals surface area contributed by atoms with E-state index in [0.717, 1.165) is 0 Å². The molecule has 17 heavy (non-hydrogen) atoms. The van der Waals surface area contributed by atoms with Gasteiger partial charge in [0.05, 0.1) is 0 Å². The van der Waals surface area contributed by atoms with Gasteiger partial charge in [0.1, 0.15) is 0 Å². The molecule has 0 aromatic rings. The monoisotopic (exact) mass is 307 g/mol. The number of unbranched alkanes of at least 4 members (excludes halogenated alkanes) is 1. The van der Waals surface area contributed by atoms with Gasteiger partial charge in [-0.1, -0.05) is 34.8 Å². The first-order valence-corrected chi connectivity index (χ1v) is 5.88. The molecule has 0 aliphatic heterocycles. The maximum Gasteiger partial charge on any atom is 0.303 e. The molecule has 0 heterocycles. The minimum Gasteiger partial charge on any atom is -0.481 e. The van der Waals surface area contributed by atoms with Crippen molar-refractivity contribution >= 4 is 40.8 Å². The Morgan fingerprint density at radius 3 is 2.41 bits per heavy atom. The standard InChI is InChI=1S/C8H12Cl3NO5/c9-8(10,11)6(5-12(15)16)17-4-2-1-3-7(13)14/h6H,1-5H2,(H,13,14). The summed E-state index contributed by atoms with van der Waals surface area (Å²) in [6, 6.07) is 0. The van der Waals surface area contributed by atoms with Gasteiger partial charge in [-0.3, -0.25) is 14.9 Å². The lowest BCUT2D eigenvalue weighted by atomic mass is 10.2. The van der Waals surface area contributed by atoms with Crippen LogP contribution in [0, 0.1) is 10.1 Å². The number of carboxylic acid groups (broad SMARTS) is 1. The Hall–Kier alpha value is -0.300. The molecule has 0 bridgehead atoms. The highest BCUT2D eigenvalue weighted by molar-refractivity contribution is 6.68. The average molecular weight is 309 g/mol. The van der Waals surface area contributed by atoms with Crippen LogP contribution in [0.25, 0.3) is 0 Å². The Kier molecular flexibility index (Phi) is 7.78. The summed E-state index contributed by atoms with van der Waals surface area (Å²) in [7, 11) is 0. The highest BCUT2D eigenvalue weighted by Crippen LogP contribution is 2.32. The molecular weight excluding hydrogens is 296 g/mol. The lowest BCUT2D eigenvalue weighted by molar-refractivity contribution is -0.491. The molecule has 1 atom stereocenters. The highest BCUT2D eigenvalue weighted by Gasteiger charge is 2.37. The van der Waals surface area contributed by atoms with E-state index in [4.69, 9.17) is 44.6 Å². The molecule has 0 saturated carbocycles. The molecule has 1 unspecified atom stereocenters. The minimum absolute atomic E-state index is 0.0109. The maximum atomic E-state index is 10.3. The number of hydrogen-bond donors (Lipinski definition) is 1. The Morgan fingerprint density at radius 2 is 2.00 bits per heavy atom. The van der Waals surface area contributed by atoms with Gasteiger partial charge < -0.3 is 9.84 Å². The van der Waals surface area contributed by atoms with Crippen LogP contribution in [0.3, 0.4) is 0 Å². The molecule has 1 N–H and O–H groups in total. The van der Waals surface area contributed by atoms with Crippen molar-refractivity contribution in [2.24, 2.45) is 0 Å². The predicted octanol–water partition coefficient (Wildman–Crippen LogP) is 2.27. The topological polar surface area (TPSA) is 89.7 Å². The van der Waals surface area contributed by atoms with Crippen LogP contribution < -0.4 is 0 Å². The van der Waals surface area contributed by atoms with Gasteiger partial charge in [-0.2, -0.15) is 0 Å². The average Bonchev–Trinajstić information content (AvgIpc) is 2.12. The molecule has 0 aliphatic carbocycles. The van der Waals surface area contributed by atoms with E-state index in [9.17, 15) is 14.9 Å². The molecule has 0 aliphatic rings. The number of carboxylic acids is 1. The van der Waals surface area contributed by atoms with Crippen molar-refractivity contribution in [3.63, 3.8) is 0 Å². The van der Waals surface area contributed by atoms with E-state index in [0.29, 0.717) is 12.8 Å². The van der Waals surface area contributed by atoms with Crippen molar-refractivity contribution in [1.82, 2.24) is 0 Å². The number of hydrogen-bond acceptors (Lipinski definition) is 4. The second kappa shape index (κ2) is 7.92. The zero-order valence-electron chi connectivity index (χ0n) is 8.77. The van der Waals surface area contributed by atoms with Crippen LogP contribution in [-0.4, -0.2) is 39.0 Å². The van der Waals surface area contributed by atoms with Gasteiger partial charge in [0.25, 0.3) is 0 Å². The Morgan fingerprint density at radius 1 is 1.41 bits per heavy atom. The number of nitrogens with zero attached hydrogens (tertiary/aromatic N) is 1. The van der Waals surface area contributed by atoms with Crippen molar-refractivity contribution in [3.8, 4) is 0 Å². The van der Waals surface area contributed by atoms with Crippen LogP contribution >= 0.6 is 34.8 Å². The van der Waals surface area contributed by atoms with Gasteiger partial charge >= 0.3 is 5.97 Å². The lowest BCUT2D eigenvalue weighted by Crippen LogP contribution is -2.35. The molecule has 0 amide bonds. The summed E-state index contributed by atoms with van der Waals surface area (Å²) in [5, 5.41) is 18.7. The molecule has 0 radical (unpaired) electrons. The van der Waals surface area contributed by atoms with E-state index in [-0.39, 0.29) is 13.0 Å². The van der Waals surface area contributed by atoms with E-state index in [2.05, 4.69) is 0 Å². The van der Waals surface area contributed by atoms with Gasteiger partial charge in [-0.15, -0.1) is 0 Å². The smallest absolute Gasteiger partial charge is 0.303 e. The summed E-state index contributed by atoms with van der Waals surface area (Å²) in [5.41, 5.74) is 0. The summed E-state index contributed by atoms with van der Waals surface area (Å²) in [4.78, 5) is 19.9. The van der Waals surface area contributed by atoms with Crippen molar-refractivity contribution in [3.05, 3.63) is 10.1 Å². The van der Waals surface area contributed by atoms with Crippen molar-refractivity contribution in [2.45, 2.75) is 29.2 Å². The van der Waals surface area contributed by atoms with Gasteiger partial charge in [0, 0.05) is 18.0 Å². The largest absolute Gasteiger partial charge is 0.481 e. The molecule has 0 rings (SSSR count). The number of halogens is 3. The first-order chi connectivity index (χ1) is 7.73. The maximum absolute atomic E-state index is 10.3. The van der Waals surface area contributed by atoms with Crippen LogP contribution in [0.2, 0.25) is 0 Å². The second-order valence-corrected chi connectivity index (χ2v) is 5.64. The fourth-order valence-corrected chi connectivity index (χ4v) is 1.39. The van der Waals surface area contributed by atoms with Crippen LogP contribution in [0.4, 0.5) is 0 Å². The zero-order valence-corrected chi connectivity index (χ0v) is 11.0. The number of ether oxygens (including phenoxy) is 1. The quantitative estimate of drug-likeness (QED) is 0.321. The molecule has 0 saturated heterocycles. The van der Waals surface area contributed by atoms with Gasteiger partial charge in [-0.25, -0.2) is 0 Å². The highest BCUT2D eigenvalue weighted by atomic mass is 35.6. The lowest BCUT2D eigenvalue weighted by Gasteiger charge is -2.21. The summed E-state index contributed by atoms with van der Waals surface area (Å²) in [6.45, 7) is -0.505. The van der Waals surface area contributed by atoms with Crippen molar-refractivity contribution in [2.75, 3.05) is 13.2 Å². The third-order valence-corrected chi connectivity index (χ3v) is 2.51. The van der Waals surface area contributed by atoms with Crippen LogP contribution in [0.15, 0.2) is 0 Å². The fraction of sp³-hybridized carbons (Fsp3) is 0.875. The van der Waals surface area contributed by atoms with Crippen LogP contribution in [0.1, 0.15) is 19.3 Å². The van der Waals surface area contributed by atoms with E-state index in [1.165, 1.54) is 0 Å². The molecular formula is C8H12Cl3NO5.